The van der Waals surface area contributed by atoms with Gasteiger partial charge < -0.3 is 10.1 Å². The summed E-state index contributed by atoms with van der Waals surface area (Å²) >= 11 is 3.56. The van der Waals surface area contributed by atoms with Crippen molar-refractivity contribution in [2.75, 3.05) is 5.32 Å². The average molecular weight is 553 g/mol. The lowest BCUT2D eigenvalue weighted by atomic mass is 9.77. The molecule has 0 fully saturated rings. The predicted octanol–water partition coefficient (Wildman–Crippen LogP) is 8.74. The van der Waals surface area contributed by atoms with Crippen molar-refractivity contribution in [3.05, 3.63) is 136 Å². The number of benzene rings is 4. The van der Waals surface area contributed by atoms with Crippen LogP contribution < -0.4 is 10.1 Å². The number of fused-ring (bicyclic) bond motifs is 3. The number of halogens is 2. The van der Waals surface area contributed by atoms with Crippen LogP contribution in [0.5, 0.6) is 5.75 Å². The van der Waals surface area contributed by atoms with Crippen molar-refractivity contribution in [1.82, 2.24) is 0 Å². The van der Waals surface area contributed by atoms with Gasteiger partial charge in [-0.2, -0.15) is 0 Å². The van der Waals surface area contributed by atoms with Gasteiger partial charge in [0, 0.05) is 23.4 Å². The fourth-order valence-electron chi connectivity index (χ4n) is 5.28. The van der Waals surface area contributed by atoms with Crippen molar-refractivity contribution in [2.24, 2.45) is 10.9 Å². The molecule has 0 amide bonds. The molecule has 0 aromatic heterocycles. The Kier molecular flexibility index (Phi) is 6.62. The number of allylic oxidation sites excluding steroid dienone is 2. The minimum atomic E-state index is -0.266. The van der Waals surface area contributed by atoms with Crippen LogP contribution in [0.25, 0.3) is 0 Å². The van der Waals surface area contributed by atoms with E-state index in [9.17, 15) is 4.39 Å². The molecule has 2 aliphatic rings. The summed E-state index contributed by atoms with van der Waals surface area (Å²) < 4.78 is 20.5. The van der Waals surface area contributed by atoms with E-state index in [1.165, 1.54) is 22.9 Å². The molecule has 6 rings (SSSR count). The van der Waals surface area contributed by atoms with Crippen LogP contribution in [-0.4, -0.2) is 6.21 Å². The molecule has 0 bridgehead atoms. The highest BCUT2D eigenvalue weighted by Crippen LogP contribution is 2.49. The Hall–Kier alpha value is -3.70. The van der Waals surface area contributed by atoms with Crippen molar-refractivity contribution < 1.29 is 9.13 Å². The predicted molar refractivity (Wildman–Crippen MR) is 151 cm³/mol. The van der Waals surface area contributed by atoms with Crippen LogP contribution >= 0.6 is 15.9 Å². The maximum atomic E-state index is 13.9. The lowest BCUT2D eigenvalue weighted by molar-refractivity contribution is 0.298. The van der Waals surface area contributed by atoms with E-state index in [0.29, 0.717) is 23.1 Å². The molecule has 0 spiro atoms. The first-order valence-electron chi connectivity index (χ1n) is 12.5. The van der Waals surface area contributed by atoms with Crippen molar-refractivity contribution in [3.8, 4) is 5.75 Å². The Labute approximate surface area is 224 Å². The topological polar surface area (TPSA) is 33.6 Å². The van der Waals surface area contributed by atoms with Gasteiger partial charge in [0.2, 0.25) is 0 Å². The van der Waals surface area contributed by atoms with Gasteiger partial charge in [-0.1, -0.05) is 60.7 Å². The number of hydrogen-bond acceptors (Lipinski definition) is 3. The van der Waals surface area contributed by atoms with E-state index >= 15 is 0 Å². The van der Waals surface area contributed by atoms with E-state index in [1.54, 1.807) is 18.2 Å². The standard InChI is InChI=1S/C32H26BrFN2O/c33-28-18-21(12-17-31(28)37-20-23-6-1-3-10-29(23)34)19-35-24-15-13-22(14-16-24)32-27-9-5-8-25(27)26-7-2-4-11-30(26)36-32/h1-8,10-19,25,27,32,36H,9,20H2/t25-,27+,32-/m0/s1. The summed E-state index contributed by atoms with van der Waals surface area (Å²) in [6.45, 7) is 0.171. The zero-order valence-corrected chi connectivity index (χ0v) is 21.7. The second kappa shape index (κ2) is 10.3. The van der Waals surface area contributed by atoms with Crippen LogP contribution in [0.2, 0.25) is 0 Å². The number of nitrogens with zero attached hydrogens (tertiary/aromatic N) is 1. The van der Waals surface area contributed by atoms with Crippen LogP contribution in [-0.2, 0) is 6.61 Å². The first kappa shape index (κ1) is 23.7. The van der Waals surface area contributed by atoms with E-state index in [2.05, 4.69) is 86.9 Å². The summed E-state index contributed by atoms with van der Waals surface area (Å²) in [6.07, 6.45) is 7.61. The van der Waals surface area contributed by atoms with Gasteiger partial charge in [-0.05, 0) is 87.4 Å². The molecule has 3 nitrogen and oxygen atoms in total. The molecule has 1 aliphatic heterocycles. The maximum absolute atomic E-state index is 13.9. The minimum Gasteiger partial charge on any atom is -0.488 e. The highest BCUT2D eigenvalue weighted by Gasteiger charge is 2.37. The molecule has 0 saturated heterocycles. The fourth-order valence-corrected chi connectivity index (χ4v) is 5.79. The molecule has 37 heavy (non-hydrogen) atoms. The average Bonchev–Trinajstić information content (AvgIpc) is 3.43. The summed E-state index contributed by atoms with van der Waals surface area (Å²) in [5.74, 6) is 1.39. The number of para-hydroxylation sites is 1. The van der Waals surface area contributed by atoms with Crippen molar-refractivity contribution in [1.29, 1.82) is 0 Å². The molecule has 4 aromatic carbocycles. The first-order chi connectivity index (χ1) is 18.2. The lowest BCUT2D eigenvalue weighted by Crippen LogP contribution is -2.28. The van der Waals surface area contributed by atoms with Gasteiger partial charge in [0.05, 0.1) is 16.2 Å². The molecule has 1 aliphatic carbocycles. The molecule has 1 N–H and O–H groups in total. The highest BCUT2D eigenvalue weighted by atomic mass is 79.9. The van der Waals surface area contributed by atoms with Gasteiger partial charge in [0.25, 0.3) is 0 Å². The minimum absolute atomic E-state index is 0.171. The normalized spacial score (nSPS) is 19.9. The van der Waals surface area contributed by atoms with Crippen molar-refractivity contribution >= 4 is 33.5 Å². The summed E-state index contributed by atoms with van der Waals surface area (Å²) in [4.78, 5) is 4.67. The van der Waals surface area contributed by atoms with Gasteiger partial charge in [-0.25, -0.2) is 4.39 Å². The van der Waals surface area contributed by atoms with Gasteiger partial charge in [-0.3, -0.25) is 4.99 Å². The zero-order valence-electron chi connectivity index (χ0n) is 20.1. The Balaban J connectivity index is 1.13. The largest absolute Gasteiger partial charge is 0.488 e. The van der Waals surface area contributed by atoms with Crippen LogP contribution in [0.15, 0.2) is 113 Å². The number of anilines is 1. The van der Waals surface area contributed by atoms with Crippen molar-refractivity contribution in [3.63, 3.8) is 0 Å². The SMILES string of the molecule is Fc1ccccc1COc1ccc(C=Nc2ccc([C@@H]3Nc4ccccc4[C@@H]4C=CC[C@H]43)cc2)cc1Br. The van der Waals surface area contributed by atoms with Crippen molar-refractivity contribution in [2.45, 2.75) is 25.0 Å². The third kappa shape index (κ3) is 4.96. The Bertz CT molecular complexity index is 1480. The highest BCUT2D eigenvalue weighted by molar-refractivity contribution is 9.10. The van der Waals surface area contributed by atoms with Crippen LogP contribution in [0.1, 0.15) is 40.6 Å². The molecule has 0 saturated carbocycles. The third-order valence-corrected chi connectivity index (χ3v) is 7.80. The number of ether oxygens (including phenoxy) is 1. The fraction of sp³-hybridized carbons (Fsp3) is 0.156. The molecule has 0 unspecified atom stereocenters. The molecular weight excluding hydrogens is 527 g/mol. The Morgan fingerprint density at radius 2 is 1.78 bits per heavy atom. The molecular formula is C32H26BrFN2O. The number of rotatable bonds is 6. The Morgan fingerprint density at radius 1 is 0.973 bits per heavy atom. The molecule has 5 heteroatoms. The van der Waals surface area contributed by atoms with Crippen LogP contribution in [0, 0.1) is 11.7 Å². The van der Waals surface area contributed by atoms with Gasteiger partial charge in [0.15, 0.2) is 0 Å². The molecule has 4 aromatic rings. The maximum Gasteiger partial charge on any atom is 0.134 e. The zero-order chi connectivity index (χ0) is 25.2. The second-order valence-electron chi connectivity index (χ2n) is 9.48. The summed E-state index contributed by atoms with van der Waals surface area (Å²) in [5.41, 5.74) is 6.28. The van der Waals surface area contributed by atoms with Gasteiger partial charge in [-0.15, -0.1) is 0 Å². The van der Waals surface area contributed by atoms with E-state index in [-0.39, 0.29) is 18.5 Å². The van der Waals surface area contributed by atoms with E-state index in [4.69, 9.17) is 4.74 Å². The van der Waals surface area contributed by atoms with Gasteiger partial charge in [0.1, 0.15) is 18.2 Å². The quantitative estimate of drug-likeness (QED) is 0.191. The van der Waals surface area contributed by atoms with E-state index in [0.717, 1.165) is 22.1 Å². The molecule has 0 radical (unpaired) electrons. The molecule has 184 valence electrons. The number of hydrogen-bond donors (Lipinski definition) is 1. The monoisotopic (exact) mass is 552 g/mol. The first-order valence-corrected chi connectivity index (χ1v) is 13.3. The Morgan fingerprint density at radius 3 is 2.62 bits per heavy atom. The summed E-state index contributed by atoms with van der Waals surface area (Å²) in [7, 11) is 0. The van der Waals surface area contributed by atoms with E-state index < -0.39 is 0 Å². The summed E-state index contributed by atoms with van der Waals surface area (Å²) in [6, 6.07) is 29.8. The molecule has 1 heterocycles. The smallest absolute Gasteiger partial charge is 0.134 e. The molecule has 3 atom stereocenters. The van der Waals surface area contributed by atoms with E-state index in [1.807, 2.05) is 24.4 Å². The second-order valence-corrected chi connectivity index (χ2v) is 10.3. The van der Waals surface area contributed by atoms with Gasteiger partial charge >= 0.3 is 0 Å². The number of aliphatic imine (C=N–C) groups is 1. The lowest BCUT2D eigenvalue weighted by Gasteiger charge is -2.37. The van der Waals surface area contributed by atoms with Crippen LogP contribution in [0.3, 0.4) is 0 Å². The number of nitrogens with one attached hydrogen (secondary N) is 1. The third-order valence-electron chi connectivity index (χ3n) is 7.18. The van der Waals surface area contributed by atoms with Crippen LogP contribution in [0.4, 0.5) is 15.8 Å². The summed E-state index contributed by atoms with van der Waals surface area (Å²) in [5, 5.41) is 3.78.